The number of H-pyrrole nitrogens is 1. The number of fused-ring (bicyclic) bond motifs is 5. The van der Waals surface area contributed by atoms with Gasteiger partial charge in [-0.1, -0.05) is 133 Å². The molecule has 0 spiro atoms. The van der Waals surface area contributed by atoms with Gasteiger partial charge in [-0.3, -0.25) is 0 Å². The number of aromatic amines is 1. The Balaban J connectivity index is 1.36. The highest BCUT2D eigenvalue weighted by molar-refractivity contribution is 7.26. The lowest BCUT2D eigenvalue weighted by atomic mass is 9.88. The summed E-state index contributed by atoms with van der Waals surface area (Å²) < 4.78 is 2.54. The molecule has 9 rings (SSSR count). The third kappa shape index (κ3) is 4.32. The topological polar surface area (TPSA) is 54.5 Å². The predicted octanol–water partition coefficient (Wildman–Crippen LogP) is 11.1. The second kappa shape index (κ2) is 10.9. The van der Waals surface area contributed by atoms with Crippen LogP contribution in [-0.2, 0) is 0 Å². The van der Waals surface area contributed by atoms with Gasteiger partial charge in [0.2, 0.25) is 0 Å². The first-order chi connectivity index (χ1) is 22.8. The highest BCUT2D eigenvalue weighted by Crippen LogP contribution is 2.45. The summed E-state index contributed by atoms with van der Waals surface area (Å²) in [7, 11) is 0. The molecule has 0 aliphatic heterocycles. The van der Waals surface area contributed by atoms with Crippen molar-refractivity contribution in [3.8, 4) is 56.0 Å². The van der Waals surface area contributed by atoms with Gasteiger partial charge in [0.05, 0.1) is 11.2 Å². The van der Waals surface area contributed by atoms with Crippen LogP contribution in [0.15, 0.2) is 152 Å². The maximum atomic E-state index is 4.80. The van der Waals surface area contributed by atoms with Crippen molar-refractivity contribution in [1.29, 1.82) is 0 Å². The van der Waals surface area contributed by atoms with Crippen LogP contribution in [-0.4, -0.2) is 20.4 Å². The molecule has 1 N–H and O–H groups in total. The number of rotatable bonds is 5. The monoisotopic (exact) mass is 606 g/mol. The van der Waals surface area contributed by atoms with Crippen LogP contribution < -0.4 is 0 Å². The SMILES string of the molecule is c1ccc(-c2ccccc2-c2nnnc(-c3cc4ccc5sc6ccccc6c5c4[nH]3)c2-c2ccccc2-c2ccccc2)cc1. The summed E-state index contributed by atoms with van der Waals surface area (Å²) in [6.07, 6.45) is 0. The van der Waals surface area contributed by atoms with E-state index in [1.165, 1.54) is 20.2 Å². The van der Waals surface area contributed by atoms with Crippen molar-refractivity contribution in [2.45, 2.75) is 0 Å². The van der Waals surface area contributed by atoms with Crippen molar-refractivity contribution in [2.75, 3.05) is 0 Å². The first kappa shape index (κ1) is 26.5. The van der Waals surface area contributed by atoms with Crippen molar-refractivity contribution in [1.82, 2.24) is 20.4 Å². The molecular formula is C41H26N4S. The van der Waals surface area contributed by atoms with Crippen LogP contribution in [0.1, 0.15) is 0 Å². The van der Waals surface area contributed by atoms with Crippen LogP contribution in [0, 0.1) is 0 Å². The number of thiophene rings is 1. The fourth-order valence-electron chi connectivity index (χ4n) is 6.63. The van der Waals surface area contributed by atoms with E-state index in [9.17, 15) is 0 Å². The molecule has 0 amide bonds. The zero-order valence-electron chi connectivity index (χ0n) is 24.7. The van der Waals surface area contributed by atoms with Crippen LogP contribution in [0.4, 0.5) is 0 Å². The molecule has 0 unspecified atom stereocenters. The van der Waals surface area contributed by atoms with Crippen LogP contribution in [0.3, 0.4) is 0 Å². The van der Waals surface area contributed by atoms with Gasteiger partial charge in [0.15, 0.2) is 0 Å². The second-order valence-corrected chi connectivity index (χ2v) is 12.5. The lowest BCUT2D eigenvalue weighted by molar-refractivity contribution is 0.877. The first-order valence-electron chi connectivity index (χ1n) is 15.3. The minimum absolute atomic E-state index is 0.764. The van der Waals surface area contributed by atoms with Gasteiger partial charge in [-0.25, -0.2) is 0 Å². The van der Waals surface area contributed by atoms with Gasteiger partial charge in [-0.2, -0.15) is 0 Å². The average Bonchev–Trinajstić information content (AvgIpc) is 3.74. The van der Waals surface area contributed by atoms with E-state index in [0.717, 1.165) is 66.9 Å². The molecule has 0 radical (unpaired) electrons. The Morgan fingerprint density at radius 3 is 1.80 bits per heavy atom. The Labute approximate surface area is 269 Å². The van der Waals surface area contributed by atoms with E-state index in [2.05, 4.69) is 150 Å². The van der Waals surface area contributed by atoms with Crippen LogP contribution in [0.5, 0.6) is 0 Å². The second-order valence-electron chi connectivity index (χ2n) is 11.4. The maximum Gasteiger partial charge on any atom is 0.121 e. The van der Waals surface area contributed by atoms with E-state index < -0.39 is 0 Å². The smallest absolute Gasteiger partial charge is 0.121 e. The predicted molar refractivity (Wildman–Crippen MR) is 192 cm³/mol. The van der Waals surface area contributed by atoms with Crippen molar-refractivity contribution in [2.24, 2.45) is 0 Å². The summed E-state index contributed by atoms with van der Waals surface area (Å²) in [4.78, 5) is 3.80. The third-order valence-corrected chi connectivity index (χ3v) is 9.84. The Bertz CT molecular complexity index is 2530. The summed E-state index contributed by atoms with van der Waals surface area (Å²) in [5, 5.41) is 17.6. The zero-order valence-corrected chi connectivity index (χ0v) is 25.5. The molecule has 0 saturated heterocycles. The number of aromatic nitrogens is 4. The lowest BCUT2D eigenvalue weighted by Gasteiger charge is -2.17. The fourth-order valence-corrected chi connectivity index (χ4v) is 7.74. The highest BCUT2D eigenvalue weighted by Gasteiger charge is 2.24. The molecule has 4 nitrogen and oxygen atoms in total. The minimum atomic E-state index is 0.764. The fraction of sp³-hybridized carbons (Fsp3) is 0. The number of hydrogen-bond donors (Lipinski definition) is 1. The van der Waals surface area contributed by atoms with Crippen molar-refractivity contribution in [3.05, 3.63) is 152 Å². The van der Waals surface area contributed by atoms with Gasteiger partial charge in [0.25, 0.3) is 0 Å². The molecule has 0 atom stereocenters. The molecule has 3 heterocycles. The Hall–Kier alpha value is -5.91. The van der Waals surface area contributed by atoms with E-state index in [1.54, 1.807) is 0 Å². The van der Waals surface area contributed by atoms with Crippen LogP contribution in [0.25, 0.3) is 87.1 Å². The summed E-state index contributed by atoms with van der Waals surface area (Å²) in [5.41, 5.74) is 11.0. The molecule has 216 valence electrons. The zero-order chi connectivity index (χ0) is 30.5. The maximum absolute atomic E-state index is 4.80. The van der Waals surface area contributed by atoms with Gasteiger partial charge < -0.3 is 4.98 Å². The summed E-state index contributed by atoms with van der Waals surface area (Å²) in [6.45, 7) is 0. The number of nitrogens with one attached hydrogen (secondary N) is 1. The van der Waals surface area contributed by atoms with Crippen molar-refractivity contribution < 1.29 is 0 Å². The normalized spacial score (nSPS) is 11.5. The van der Waals surface area contributed by atoms with Gasteiger partial charge >= 0.3 is 0 Å². The Morgan fingerprint density at radius 2 is 1.07 bits per heavy atom. The molecule has 5 heteroatoms. The molecule has 6 aromatic carbocycles. The molecular weight excluding hydrogens is 581 g/mol. The number of nitrogens with zero attached hydrogens (tertiary/aromatic N) is 3. The van der Waals surface area contributed by atoms with E-state index >= 15 is 0 Å². The standard InChI is InChI=1S/C41H26N4S/c1-3-13-26(14-4-1)29-17-7-9-19-31(29)38-40(32-20-10-8-18-30(32)27-15-5-2-6-16-27)43-45-44-41(38)34-25-28-23-24-36-37(39(28)42-34)33-21-11-12-22-35(33)46-36/h1-25,42H. The largest absolute Gasteiger partial charge is 0.353 e. The van der Waals surface area contributed by atoms with E-state index in [1.807, 2.05) is 23.5 Å². The Morgan fingerprint density at radius 1 is 0.478 bits per heavy atom. The molecule has 0 fully saturated rings. The Kier molecular flexibility index (Phi) is 6.28. The molecule has 0 bridgehead atoms. The molecule has 0 aliphatic carbocycles. The number of benzene rings is 6. The molecule has 3 aromatic heterocycles. The molecule has 46 heavy (non-hydrogen) atoms. The summed E-state index contributed by atoms with van der Waals surface area (Å²) in [5.74, 6) is 0. The van der Waals surface area contributed by atoms with Gasteiger partial charge in [-0.15, -0.1) is 21.5 Å². The third-order valence-electron chi connectivity index (χ3n) is 8.70. The van der Waals surface area contributed by atoms with Crippen molar-refractivity contribution >= 4 is 42.4 Å². The van der Waals surface area contributed by atoms with Gasteiger partial charge in [0.1, 0.15) is 11.4 Å². The molecule has 0 saturated carbocycles. The highest BCUT2D eigenvalue weighted by atomic mass is 32.1. The van der Waals surface area contributed by atoms with E-state index in [4.69, 9.17) is 10.2 Å². The average molecular weight is 607 g/mol. The minimum Gasteiger partial charge on any atom is -0.353 e. The van der Waals surface area contributed by atoms with Crippen molar-refractivity contribution in [3.63, 3.8) is 0 Å². The summed E-state index contributed by atoms with van der Waals surface area (Å²) in [6, 6.07) is 53.2. The van der Waals surface area contributed by atoms with E-state index in [-0.39, 0.29) is 0 Å². The lowest BCUT2D eigenvalue weighted by Crippen LogP contribution is -2.02. The number of hydrogen-bond acceptors (Lipinski definition) is 4. The summed E-state index contributed by atoms with van der Waals surface area (Å²) >= 11 is 1.82. The quantitative estimate of drug-likeness (QED) is 0.212. The van der Waals surface area contributed by atoms with Crippen LogP contribution in [0.2, 0.25) is 0 Å². The first-order valence-corrected chi connectivity index (χ1v) is 16.1. The molecule has 9 aromatic rings. The van der Waals surface area contributed by atoms with Crippen LogP contribution >= 0.6 is 11.3 Å². The van der Waals surface area contributed by atoms with E-state index in [0.29, 0.717) is 0 Å². The van der Waals surface area contributed by atoms with Gasteiger partial charge in [0, 0.05) is 36.7 Å². The van der Waals surface area contributed by atoms with Gasteiger partial charge in [-0.05, 0) is 51.2 Å². The molecule has 0 aliphatic rings.